The highest BCUT2D eigenvalue weighted by atomic mass is 32.1. The second-order valence-corrected chi connectivity index (χ2v) is 13.3. The summed E-state index contributed by atoms with van der Waals surface area (Å²) < 4.78 is 41.2. The first-order valence-electron chi connectivity index (χ1n) is 15.4. The summed E-state index contributed by atoms with van der Waals surface area (Å²) in [5.41, 5.74) is 4.31. The number of nitriles is 1. The monoisotopic (exact) mass is 624 g/mol. The largest absolute Gasteiger partial charge is 0.393 e. The summed E-state index contributed by atoms with van der Waals surface area (Å²) in [7, 11) is 0. The third-order valence-electron chi connectivity index (χ3n) is 9.06. The van der Waals surface area contributed by atoms with Gasteiger partial charge in [-0.2, -0.15) is 18.4 Å². The molecule has 0 spiro atoms. The molecule has 44 heavy (non-hydrogen) atoms. The highest BCUT2D eigenvalue weighted by Crippen LogP contribution is 2.34. The number of likely N-dealkylation sites (tertiary alicyclic amines) is 1. The number of nitrogens with one attached hydrogen (secondary N) is 2. The number of hydrogen-bond acceptors (Lipinski definition) is 8. The number of aromatic nitrogens is 3. The van der Waals surface area contributed by atoms with E-state index in [0.717, 1.165) is 87.4 Å². The lowest BCUT2D eigenvalue weighted by atomic mass is 10.0. The van der Waals surface area contributed by atoms with Crippen LogP contribution in [0.5, 0.6) is 0 Å². The molecule has 0 aliphatic carbocycles. The van der Waals surface area contributed by atoms with E-state index in [9.17, 15) is 18.4 Å². The van der Waals surface area contributed by atoms with Gasteiger partial charge in [-0.05, 0) is 62.9 Å². The van der Waals surface area contributed by atoms with E-state index in [1.807, 2.05) is 6.07 Å². The molecule has 1 atom stereocenters. The Labute approximate surface area is 259 Å². The van der Waals surface area contributed by atoms with Crippen molar-refractivity contribution in [3.05, 3.63) is 51.8 Å². The number of piperazine rings is 1. The Morgan fingerprint density at radius 2 is 1.84 bits per heavy atom. The van der Waals surface area contributed by atoms with Gasteiger partial charge < -0.3 is 15.2 Å². The molecule has 6 rings (SSSR count). The van der Waals surface area contributed by atoms with Crippen molar-refractivity contribution < 1.29 is 13.2 Å². The molecule has 2 saturated heterocycles. The van der Waals surface area contributed by atoms with Crippen LogP contribution in [0.2, 0.25) is 0 Å². The Morgan fingerprint density at radius 1 is 1.09 bits per heavy atom. The Kier molecular flexibility index (Phi) is 8.84. The second-order valence-electron chi connectivity index (χ2n) is 12.2. The number of piperidine rings is 1. The number of thiophene rings is 1. The first kappa shape index (κ1) is 30.8. The van der Waals surface area contributed by atoms with Crippen LogP contribution in [0.4, 0.5) is 19.0 Å². The summed E-state index contributed by atoms with van der Waals surface area (Å²) >= 11 is 1.09. The maximum absolute atomic E-state index is 13.0. The molecule has 12 heteroatoms. The van der Waals surface area contributed by atoms with E-state index in [2.05, 4.69) is 67.0 Å². The van der Waals surface area contributed by atoms with Gasteiger partial charge in [0.2, 0.25) is 0 Å². The van der Waals surface area contributed by atoms with Crippen molar-refractivity contribution in [2.45, 2.75) is 71.4 Å². The molecule has 0 amide bonds. The number of aryl methyl sites for hydroxylation is 2. The SMILES string of the molecule is Cc1nc(NC2CCN(Cc3ccc4c(cc(C#N)n4C[C@H](C)N4CCNCC4)c3C)CC2)c2cc(CC(F)(F)F)sc2n1. The maximum atomic E-state index is 13.0. The Morgan fingerprint density at radius 3 is 2.55 bits per heavy atom. The van der Waals surface area contributed by atoms with Gasteiger partial charge in [0, 0.05) is 80.2 Å². The van der Waals surface area contributed by atoms with Gasteiger partial charge in [-0.15, -0.1) is 11.3 Å². The molecular weight excluding hydrogens is 585 g/mol. The Hall–Kier alpha value is -3.24. The van der Waals surface area contributed by atoms with Crippen LogP contribution in [0.3, 0.4) is 0 Å². The van der Waals surface area contributed by atoms with Gasteiger partial charge in [0.15, 0.2) is 0 Å². The standard InChI is InChI=1S/C32H39F3N8S/c1-20(42-12-8-37-9-13-42)18-43-25(17-36)14-27-21(2)23(4-5-29(27)43)19-41-10-6-24(7-11-41)40-30-28-15-26(16-32(33,34)35)44-31(28)39-22(3)38-30/h4-5,14-15,20,24,37H,6-13,16,18-19H2,1-3H3,(H,38,39,40)/t20-/m0/s1. The van der Waals surface area contributed by atoms with Gasteiger partial charge in [-0.3, -0.25) is 9.80 Å². The predicted octanol–water partition coefficient (Wildman–Crippen LogP) is 5.61. The van der Waals surface area contributed by atoms with Gasteiger partial charge in [0.1, 0.15) is 28.2 Å². The van der Waals surface area contributed by atoms with E-state index in [0.29, 0.717) is 33.6 Å². The lowest BCUT2D eigenvalue weighted by Gasteiger charge is -2.33. The van der Waals surface area contributed by atoms with Crippen molar-refractivity contribution in [3.8, 4) is 6.07 Å². The fraction of sp³-hybridized carbons (Fsp3) is 0.531. The zero-order valence-corrected chi connectivity index (χ0v) is 26.3. The highest BCUT2D eigenvalue weighted by Gasteiger charge is 2.29. The minimum absolute atomic E-state index is 0.184. The van der Waals surface area contributed by atoms with E-state index >= 15 is 0 Å². The number of fused-ring (bicyclic) bond motifs is 2. The Bertz CT molecular complexity index is 1670. The molecule has 0 radical (unpaired) electrons. The zero-order valence-electron chi connectivity index (χ0n) is 25.5. The van der Waals surface area contributed by atoms with Crippen molar-refractivity contribution in [1.29, 1.82) is 5.26 Å². The normalized spacial score (nSPS) is 18.2. The summed E-state index contributed by atoms with van der Waals surface area (Å²) in [5.74, 6) is 1.18. The van der Waals surface area contributed by atoms with Crippen LogP contribution in [0, 0.1) is 25.2 Å². The fourth-order valence-corrected chi connectivity index (χ4v) is 7.73. The summed E-state index contributed by atoms with van der Waals surface area (Å²) in [5, 5.41) is 18.7. The molecule has 0 unspecified atom stereocenters. The zero-order chi connectivity index (χ0) is 31.0. The highest BCUT2D eigenvalue weighted by molar-refractivity contribution is 7.18. The lowest BCUT2D eigenvalue weighted by molar-refractivity contribution is -0.126. The van der Waals surface area contributed by atoms with Crippen molar-refractivity contribution in [3.63, 3.8) is 0 Å². The molecular formula is C32H39F3N8S. The number of hydrogen-bond donors (Lipinski definition) is 2. The van der Waals surface area contributed by atoms with Crippen LogP contribution in [0.1, 0.15) is 47.3 Å². The number of benzene rings is 1. The van der Waals surface area contributed by atoms with Crippen LogP contribution in [0.15, 0.2) is 24.3 Å². The molecule has 0 bridgehead atoms. The molecule has 2 aliphatic rings. The average molecular weight is 625 g/mol. The van der Waals surface area contributed by atoms with E-state index in [4.69, 9.17) is 0 Å². The van der Waals surface area contributed by atoms with Crippen molar-refractivity contribution in [2.75, 3.05) is 44.6 Å². The fourth-order valence-electron chi connectivity index (χ4n) is 6.63. The molecule has 4 aromatic rings. The first-order chi connectivity index (χ1) is 21.1. The molecule has 3 aromatic heterocycles. The summed E-state index contributed by atoms with van der Waals surface area (Å²) in [6.45, 7) is 13.7. The minimum Gasteiger partial charge on any atom is -0.367 e. The van der Waals surface area contributed by atoms with Gasteiger partial charge in [-0.25, -0.2) is 9.97 Å². The summed E-state index contributed by atoms with van der Waals surface area (Å²) in [6, 6.07) is 11.0. The molecule has 0 saturated carbocycles. The molecule has 1 aromatic carbocycles. The molecule has 2 N–H and O–H groups in total. The predicted molar refractivity (Wildman–Crippen MR) is 169 cm³/mol. The van der Waals surface area contributed by atoms with Crippen molar-refractivity contribution in [1.82, 2.24) is 29.7 Å². The van der Waals surface area contributed by atoms with Crippen molar-refractivity contribution in [2.24, 2.45) is 0 Å². The van der Waals surface area contributed by atoms with Gasteiger partial charge in [0.25, 0.3) is 0 Å². The third-order valence-corrected chi connectivity index (χ3v) is 10.1. The smallest absolute Gasteiger partial charge is 0.367 e. The Balaban J connectivity index is 1.11. The molecule has 2 fully saturated rings. The van der Waals surface area contributed by atoms with Crippen LogP contribution in [-0.4, -0.2) is 81.9 Å². The third kappa shape index (κ3) is 6.71. The number of rotatable bonds is 8. The average Bonchev–Trinajstić information content (AvgIpc) is 3.55. The topological polar surface area (TPSA) is 85.0 Å². The first-order valence-corrected chi connectivity index (χ1v) is 16.2. The minimum atomic E-state index is -4.25. The van der Waals surface area contributed by atoms with Gasteiger partial charge in [0.05, 0.1) is 11.8 Å². The van der Waals surface area contributed by atoms with Crippen LogP contribution < -0.4 is 10.6 Å². The van der Waals surface area contributed by atoms with Gasteiger partial charge >= 0.3 is 6.18 Å². The second kappa shape index (κ2) is 12.6. The van der Waals surface area contributed by atoms with E-state index in [1.54, 1.807) is 13.0 Å². The molecule has 8 nitrogen and oxygen atoms in total. The van der Waals surface area contributed by atoms with E-state index < -0.39 is 12.6 Å². The number of nitrogens with zero attached hydrogens (tertiary/aromatic N) is 6. The lowest BCUT2D eigenvalue weighted by Crippen LogP contribution is -2.48. The van der Waals surface area contributed by atoms with Crippen LogP contribution in [0.25, 0.3) is 21.1 Å². The molecule has 5 heterocycles. The number of halogens is 3. The summed E-state index contributed by atoms with van der Waals surface area (Å²) in [4.78, 5) is 14.7. The van der Waals surface area contributed by atoms with E-state index in [-0.39, 0.29) is 10.9 Å². The quantitative estimate of drug-likeness (QED) is 0.264. The van der Waals surface area contributed by atoms with E-state index in [1.165, 1.54) is 11.1 Å². The molecule has 234 valence electrons. The van der Waals surface area contributed by atoms with Gasteiger partial charge in [-0.1, -0.05) is 6.07 Å². The van der Waals surface area contributed by atoms with Crippen LogP contribution in [-0.2, 0) is 19.5 Å². The summed E-state index contributed by atoms with van der Waals surface area (Å²) in [6.07, 6.45) is -3.39. The van der Waals surface area contributed by atoms with Crippen molar-refractivity contribution >= 4 is 38.3 Å². The molecule has 2 aliphatic heterocycles. The van der Waals surface area contributed by atoms with Crippen LogP contribution >= 0.6 is 11.3 Å². The number of alkyl halides is 3. The maximum Gasteiger partial charge on any atom is 0.393 e. The number of anilines is 1.